The van der Waals surface area contributed by atoms with Crippen molar-refractivity contribution in [3.05, 3.63) is 71.1 Å². The molecule has 0 spiro atoms. The quantitative estimate of drug-likeness (QED) is 0.561. The number of hydrogen-bond acceptors (Lipinski definition) is 5. The molecule has 0 saturated carbocycles. The lowest BCUT2D eigenvalue weighted by Crippen LogP contribution is -2.12. The van der Waals surface area contributed by atoms with Gasteiger partial charge in [0.25, 0.3) is 5.91 Å². The lowest BCUT2D eigenvalue weighted by atomic mass is 10.1. The topological polar surface area (TPSA) is 72.7 Å². The number of aryl methyl sites for hydroxylation is 2. The van der Waals surface area contributed by atoms with Gasteiger partial charge in [-0.05, 0) is 54.4 Å². The van der Waals surface area contributed by atoms with E-state index in [4.69, 9.17) is 0 Å². The van der Waals surface area contributed by atoms with Crippen LogP contribution in [-0.4, -0.2) is 25.0 Å². The van der Waals surface area contributed by atoms with Crippen LogP contribution in [0.3, 0.4) is 0 Å². The van der Waals surface area contributed by atoms with Gasteiger partial charge < -0.3 is 5.32 Å². The van der Waals surface area contributed by atoms with Crippen LogP contribution in [0.15, 0.2) is 54.9 Å². The minimum Gasteiger partial charge on any atom is -0.306 e. The van der Waals surface area contributed by atoms with Crippen molar-refractivity contribution < 1.29 is 9.18 Å². The summed E-state index contributed by atoms with van der Waals surface area (Å²) in [6.07, 6.45) is 3.31. The maximum atomic E-state index is 14.0. The summed E-state index contributed by atoms with van der Waals surface area (Å²) in [5, 5.41) is 7.17. The minimum absolute atomic E-state index is 0.234. The van der Waals surface area contributed by atoms with Crippen molar-refractivity contribution in [1.29, 1.82) is 0 Å². The number of nitrogens with zero attached hydrogens (tertiary/aromatic N) is 4. The van der Waals surface area contributed by atoms with Crippen molar-refractivity contribution in [3.63, 3.8) is 0 Å². The second-order valence-corrected chi connectivity index (χ2v) is 7.04. The van der Waals surface area contributed by atoms with Crippen LogP contribution in [0.4, 0.5) is 10.2 Å². The fourth-order valence-corrected chi connectivity index (χ4v) is 3.49. The molecule has 0 aliphatic carbocycles. The van der Waals surface area contributed by atoms with Crippen LogP contribution in [0.25, 0.3) is 22.5 Å². The van der Waals surface area contributed by atoms with Crippen molar-refractivity contribution >= 4 is 23.3 Å². The van der Waals surface area contributed by atoms with Gasteiger partial charge in [0.05, 0.1) is 11.4 Å². The third-order valence-electron chi connectivity index (χ3n) is 4.29. The van der Waals surface area contributed by atoms with Crippen molar-refractivity contribution in [2.75, 3.05) is 5.32 Å². The van der Waals surface area contributed by atoms with Crippen molar-refractivity contribution in [2.45, 2.75) is 6.92 Å². The van der Waals surface area contributed by atoms with Gasteiger partial charge in [-0.15, -0.1) is 0 Å². The summed E-state index contributed by atoms with van der Waals surface area (Å²) >= 11 is 1.15. The molecule has 8 heteroatoms. The van der Waals surface area contributed by atoms with Gasteiger partial charge in [0.15, 0.2) is 0 Å². The predicted octanol–water partition coefficient (Wildman–Crippen LogP) is 4.31. The monoisotopic (exact) mass is 393 g/mol. The Hall–Kier alpha value is -3.39. The molecule has 4 aromatic rings. The first kappa shape index (κ1) is 18.0. The molecule has 140 valence electrons. The number of hydrogen-bond donors (Lipinski definition) is 1. The number of pyridine rings is 1. The van der Waals surface area contributed by atoms with Crippen LogP contribution in [0.5, 0.6) is 0 Å². The zero-order valence-corrected chi connectivity index (χ0v) is 16.0. The largest absolute Gasteiger partial charge is 0.306 e. The molecule has 0 radical (unpaired) electrons. The molecule has 28 heavy (non-hydrogen) atoms. The zero-order valence-electron chi connectivity index (χ0n) is 15.2. The minimum atomic E-state index is -0.318. The molecule has 6 nitrogen and oxygen atoms in total. The number of nitrogens with one attached hydrogen (secondary N) is 1. The van der Waals surface area contributed by atoms with Crippen molar-refractivity contribution in [1.82, 2.24) is 19.1 Å². The normalized spacial score (nSPS) is 10.8. The Bertz CT molecular complexity index is 1150. The number of carbonyl (C=O) groups is 1. The first-order valence-corrected chi connectivity index (χ1v) is 9.28. The molecule has 0 fully saturated rings. The van der Waals surface area contributed by atoms with Gasteiger partial charge in [0.2, 0.25) is 0 Å². The van der Waals surface area contributed by atoms with Crippen molar-refractivity contribution in [3.8, 4) is 22.5 Å². The molecule has 1 amide bonds. The molecular weight excluding hydrogens is 377 g/mol. The summed E-state index contributed by atoms with van der Waals surface area (Å²) in [7, 11) is 1.79. The highest BCUT2D eigenvalue weighted by Gasteiger charge is 2.14. The highest BCUT2D eigenvalue weighted by molar-refractivity contribution is 7.08. The summed E-state index contributed by atoms with van der Waals surface area (Å²) in [5.41, 5.74) is 3.43. The Balaban J connectivity index is 1.57. The molecular formula is C20H16FN5OS. The molecule has 0 bridgehead atoms. The number of aromatic nitrogens is 4. The SMILES string of the molecule is Cc1cnsc1C(=O)Nc1ccc(-c2cc(-c3ccccc3F)nn2C)cn1. The number of benzene rings is 1. The Morgan fingerprint density at radius 1 is 1.18 bits per heavy atom. The molecule has 0 saturated heterocycles. The van der Waals surface area contributed by atoms with E-state index >= 15 is 0 Å². The molecule has 0 atom stereocenters. The molecule has 0 aliphatic rings. The van der Waals surface area contributed by atoms with Crippen LogP contribution in [0.2, 0.25) is 0 Å². The van der Waals surface area contributed by atoms with Gasteiger partial charge in [0.1, 0.15) is 16.5 Å². The van der Waals surface area contributed by atoms with E-state index < -0.39 is 0 Å². The smallest absolute Gasteiger partial charge is 0.268 e. The second kappa shape index (κ2) is 7.32. The lowest BCUT2D eigenvalue weighted by molar-refractivity contribution is 0.102. The highest BCUT2D eigenvalue weighted by Crippen LogP contribution is 2.27. The molecule has 0 aliphatic heterocycles. The number of halogens is 1. The summed E-state index contributed by atoms with van der Waals surface area (Å²) in [5.74, 6) is -0.109. The molecule has 1 aromatic carbocycles. The molecule has 1 N–H and O–H groups in total. The number of anilines is 1. The lowest BCUT2D eigenvalue weighted by Gasteiger charge is -2.05. The average Bonchev–Trinajstić information content (AvgIpc) is 3.28. The zero-order chi connectivity index (χ0) is 19.7. The predicted molar refractivity (Wildman–Crippen MR) is 107 cm³/mol. The highest BCUT2D eigenvalue weighted by atomic mass is 32.1. The Morgan fingerprint density at radius 2 is 2.00 bits per heavy atom. The molecule has 3 aromatic heterocycles. The van der Waals surface area contributed by atoms with Crippen LogP contribution in [-0.2, 0) is 7.05 Å². The van der Waals surface area contributed by atoms with Gasteiger partial charge in [-0.3, -0.25) is 9.48 Å². The Labute approximate surface area is 164 Å². The average molecular weight is 393 g/mol. The third kappa shape index (κ3) is 3.41. The van der Waals surface area contributed by atoms with E-state index in [1.165, 1.54) is 6.07 Å². The number of rotatable bonds is 4. The molecule has 0 unspecified atom stereocenters. The Kier molecular flexibility index (Phi) is 4.70. The first-order valence-electron chi connectivity index (χ1n) is 8.51. The van der Waals surface area contributed by atoms with Gasteiger partial charge in [-0.2, -0.15) is 5.10 Å². The fraction of sp³-hybridized carbons (Fsp3) is 0.100. The van der Waals surface area contributed by atoms with Crippen LogP contribution < -0.4 is 5.32 Å². The first-order chi connectivity index (χ1) is 13.5. The van der Waals surface area contributed by atoms with E-state index in [1.54, 1.807) is 48.4 Å². The summed E-state index contributed by atoms with van der Waals surface area (Å²) in [6.45, 7) is 1.84. The standard InChI is InChI=1S/C20H16FN5OS/c1-12-10-23-28-19(12)20(27)24-18-8-7-13(11-22-18)17-9-16(25-26(17)2)14-5-3-4-6-15(14)21/h3-11H,1-2H3,(H,22,24,27). The van der Waals surface area contributed by atoms with E-state index in [-0.39, 0.29) is 11.7 Å². The van der Waals surface area contributed by atoms with Crippen molar-refractivity contribution in [2.24, 2.45) is 7.05 Å². The number of carbonyl (C=O) groups excluding carboxylic acids is 1. The van der Waals surface area contributed by atoms with E-state index in [0.29, 0.717) is 22.0 Å². The summed E-state index contributed by atoms with van der Waals surface area (Å²) < 4.78 is 19.7. The van der Waals surface area contributed by atoms with E-state index in [1.807, 2.05) is 19.1 Å². The third-order valence-corrected chi connectivity index (χ3v) is 5.19. The van der Waals surface area contributed by atoms with Crippen LogP contribution in [0, 0.1) is 12.7 Å². The van der Waals surface area contributed by atoms with Gasteiger partial charge >= 0.3 is 0 Å². The maximum absolute atomic E-state index is 14.0. The molecule has 3 heterocycles. The second-order valence-electron chi connectivity index (χ2n) is 6.24. The van der Waals surface area contributed by atoms with Gasteiger partial charge in [0, 0.05) is 30.6 Å². The molecule has 4 rings (SSSR count). The van der Waals surface area contributed by atoms with Crippen LogP contribution in [0.1, 0.15) is 15.2 Å². The number of amides is 1. The summed E-state index contributed by atoms with van der Waals surface area (Å²) in [6, 6.07) is 11.9. The van der Waals surface area contributed by atoms with Gasteiger partial charge in [-0.1, -0.05) is 12.1 Å². The van der Waals surface area contributed by atoms with E-state index in [0.717, 1.165) is 28.4 Å². The maximum Gasteiger partial charge on any atom is 0.268 e. The van der Waals surface area contributed by atoms with Gasteiger partial charge in [-0.25, -0.2) is 13.7 Å². The van der Waals surface area contributed by atoms with Crippen LogP contribution >= 0.6 is 11.5 Å². The summed E-state index contributed by atoms with van der Waals surface area (Å²) in [4.78, 5) is 17.1. The van der Waals surface area contributed by atoms with E-state index in [9.17, 15) is 9.18 Å². The Morgan fingerprint density at radius 3 is 2.68 bits per heavy atom. The fourth-order valence-electron chi connectivity index (χ4n) is 2.84. The van der Waals surface area contributed by atoms with E-state index in [2.05, 4.69) is 19.8 Å².